The number of amides is 2. The van der Waals surface area contributed by atoms with E-state index in [4.69, 9.17) is 25.8 Å². The maximum absolute atomic E-state index is 12.7. The van der Waals surface area contributed by atoms with Gasteiger partial charge in [0, 0.05) is 5.56 Å². The van der Waals surface area contributed by atoms with Gasteiger partial charge in [-0.25, -0.2) is 0 Å². The zero-order chi connectivity index (χ0) is 25.8. The standard InChI is InChI=1S/C25H23ClN2O6S/c1-25(2,3)34-21(29)13-28-23(30)20(35-24(28)31)11-15-9-18(26)22(19(10-15)32-4)33-14-17-8-6-5-7-16(17)12-27/h5-11H,13-14H2,1-4H3. The number of carbonyl (C=O) groups excluding carboxylic acids is 3. The molecule has 0 atom stereocenters. The summed E-state index contributed by atoms with van der Waals surface area (Å²) >= 11 is 7.15. The van der Waals surface area contributed by atoms with Crippen LogP contribution in [0.4, 0.5) is 4.79 Å². The second-order valence-electron chi connectivity index (χ2n) is 8.45. The van der Waals surface area contributed by atoms with E-state index in [0.717, 1.165) is 4.90 Å². The van der Waals surface area contributed by atoms with Gasteiger partial charge in [-0.1, -0.05) is 29.8 Å². The Morgan fingerprint density at radius 1 is 1.23 bits per heavy atom. The molecule has 0 unspecified atom stereocenters. The van der Waals surface area contributed by atoms with Crippen LogP contribution < -0.4 is 9.47 Å². The minimum atomic E-state index is -0.734. The van der Waals surface area contributed by atoms with Crippen molar-refractivity contribution in [2.24, 2.45) is 0 Å². The molecule has 1 fully saturated rings. The van der Waals surface area contributed by atoms with Crippen LogP contribution in [0.25, 0.3) is 6.08 Å². The number of methoxy groups -OCH3 is 1. The molecule has 0 aromatic heterocycles. The topological polar surface area (TPSA) is 106 Å². The van der Waals surface area contributed by atoms with Gasteiger partial charge in [-0.2, -0.15) is 5.26 Å². The number of hydrogen-bond acceptors (Lipinski definition) is 8. The fourth-order valence-electron chi connectivity index (χ4n) is 3.16. The van der Waals surface area contributed by atoms with Crippen LogP contribution in [0.5, 0.6) is 11.5 Å². The van der Waals surface area contributed by atoms with Gasteiger partial charge in [0.1, 0.15) is 18.8 Å². The minimum absolute atomic E-state index is 0.0999. The number of halogens is 1. The van der Waals surface area contributed by atoms with Crippen molar-refractivity contribution in [1.29, 1.82) is 5.26 Å². The first-order valence-electron chi connectivity index (χ1n) is 10.5. The number of carbonyl (C=O) groups is 3. The van der Waals surface area contributed by atoms with Crippen molar-refractivity contribution in [3.05, 3.63) is 63.0 Å². The van der Waals surface area contributed by atoms with Crippen LogP contribution >= 0.6 is 23.4 Å². The molecule has 0 N–H and O–H groups in total. The minimum Gasteiger partial charge on any atom is -0.493 e. The first kappa shape index (κ1) is 26.1. The lowest BCUT2D eigenvalue weighted by atomic mass is 10.1. The van der Waals surface area contributed by atoms with E-state index in [0.29, 0.717) is 34.2 Å². The van der Waals surface area contributed by atoms with Crippen LogP contribution in [0.1, 0.15) is 37.5 Å². The number of esters is 1. The molecule has 1 aliphatic rings. The summed E-state index contributed by atoms with van der Waals surface area (Å²) in [4.78, 5) is 38.1. The maximum atomic E-state index is 12.7. The number of nitriles is 1. The average Bonchev–Trinajstić information content (AvgIpc) is 3.04. The molecule has 2 amide bonds. The van der Waals surface area contributed by atoms with Gasteiger partial charge in [-0.15, -0.1) is 0 Å². The second kappa shape index (κ2) is 10.8. The van der Waals surface area contributed by atoms with E-state index in [1.165, 1.54) is 13.2 Å². The van der Waals surface area contributed by atoms with Crippen molar-refractivity contribution in [3.63, 3.8) is 0 Å². The summed E-state index contributed by atoms with van der Waals surface area (Å²) in [6, 6.07) is 12.3. The van der Waals surface area contributed by atoms with Crippen molar-refractivity contribution in [1.82, 2.24) is 4.90 Å². The van der Waals surface area contributed by atoms with Crippen LogP contribution in [0.15, 0.2) is 41.3 Å². The molecular weight excluding hydrogens is 492 g/mol. The number of nitrogens with zero attached hydrogens (tertiary/aromatic N) is 2. The monoisotopic (exact) mass is 514 g/mol. The molecule has 0 saturated carbocycles. The van der Waals surface area contributed by atoms with Gasteiger partial charge in [0.25, 0.3) is 11.1 Å². The molecule has 182 valence electrons. The van der Waals surface area contributed by atoms with Crippen LogP contribution in [0.2, 0.25) is 5.02 Å². The summed E-state index contributed by atoms with van der Waals surface area (Å²) in [5, 5.41) is 8.91. The van der Waals surface area contributed by atoms with Crippen molar-refractivity contribution in [2.45, 2.75) is 33.0 Å². The lowest BCUT2D eigenvalue weighted by molar-refractivity contribution is -0.156. The Hall–Kier alpha value is -3.48. The molecule has 2 aromatic rings. The third kappa shape index (κ3) is 6.56. The second-order valence-corrected chi connectivity index (χ2v) is 9.85. The van der Waals surface area contributed by atoms with Crippen LogP contribution in [-0.2, 0) is 20.9 Å². The van der Waals surface area contributed by atoms with Crippen LogP contribution in [0, 0.1) is 11.3 Å². The van der Waals surface area contributed by atoms with E-state index in [1.54, 1.807) is 57.2 Å². The highest BCUT2D eigenvalue weighted by molar-refractivity contribution is 8.18. The highest BCUT2D eigenvalue weighted by Crippen LogP contribution is 2.39. The predicted molar refractivity (Wildman–Crippen MR) is 132 cm³/mol. The Bertz CT molecular complexity index is 1250. The number of ether oxygens (including phenoxy) is 3. The molecule has 1 heterocycles. The number of rotatable bonds is 7. The Morgan fingerprint density at radius 3 is 2.60 bits per heavy atom. The Morgan fingerprint density at radius 2 is 1.94 bits per heavy atom. The molecule has 0 radical (unpaired) electrons. The molecule has 35 heavy (non-hydrogen) atoms. The first-order chi connectivity index (χ1) is 16.5. The normalized spacial score (nSPS) is 14.7. The molecule has 1 saturated heterocycles. The van der Waals surface area contributed by atoms with Crippen molar-refractivity contribution in [3.8, 4) is 17.6 Å². The quantitative estimate of drug-likeness (QED) is 0.367. The van der Waals surface area contributed by atoms with Crippen LogP contribution in [0.3, 0.4) is 0 Å². The molecule has 10 heteroatoms. The summed E-state index contributed by atoms with van der Waals surface area (Å²) in [6.45, 7) is 4.73. The molecule has 0 aliphatic carbocycles. The predicted octanol–water partition coefficient (Wildman–Crippen LogP) is 5.18. The fraction of sp³-hybridized carbons (Fsp3) is 0.280. The molecule has 0 spiro atoms. The lowest BCUT2D eigenvalue weighted by Gasteiger charge is -2.21. The van der Waals surface area contributed by atoms with E-state index in [2.05, 4.69) is 6.07 Å². The third-order valence-corrected chi connectivity index (χ3v) is 5.83. The molecule has 2 aromatic carbocycles. The maximum Gasteiger partial charge on any atom is 0.326 e. The highest BCUT2D eigenvalue weighted by Gasteiger charge is 2.37. The third-order valence-electron chi connectivity index (χ3n) is 4.64. The molecule has 1 aliphatic heterocycles. The van der Waals surface area contributed by atoms with Gasteiger partial charge >= 0.3 is 5.97 Å². The van der Waals surface area contributed by atoms with Crippen molar-refractivity contribution < 1.29 is 28.6 Å². The number of thioether (sulfide) groups is 1. The summed E-state index contributed by atoms with van der Waals surface area (Å²) < 4.78 is 16.4. The summed E-state index contributed by atoms with van der Waals surface area (Å²) in [5.41, 5.74) is 0.944. The molecule has 0 bridgehead atoms. The number of imide groups is 1. The van der Waals surface area contributed by atoms with E-state index >= 15 is 0 Å². The van der Waals surface area contributed by atoms with Gasteiger partial charge in [0.15, 0.2) is 11.5 Å². The summed E-state index contributed by atoms with van der Waals surface area (Å²) in [6.07, 6.45) is 1.49. The van der Waals surface area contributed by atoms with Gasteiger partial charge in [-0.3, -0.25) is 19.3 Å². The van der Waals surface area contributed by atoms with E-state index in [-0.39, 0.29) is 22.3 Å². The Kier molecular flexibility index (Phi) is 8.10. The SMILES string of the molecule is COc1cc(C=C2SC(=O)N(CC(=O)OC(C)(C)C)C2=O)cc(Cl)c1OCc1ccccc1C#N. The zero-order valence-electron chi connectivity index (χ0n) is 19.6. The molecule has 3 rings (SSSR count). The summed E-state index contributed by atoms with van der Waals surface area (Å²) in [7, 11) is 1.44. The van der Waals surface area contributed by atoms with Gasteiger partial charge < -0.3 is 14.2 Å². The number of benzene rings is 2. The first-order valence-corrected chi connectivity index (χ1v) is 11.7. The van der Waals surface area contributed by atoms with Crippen molar-refractivity contribution in [2.75, 3.05) is 13.7 Å². The van der Waals surface area contributed by atoms with Gasteiger partial charge in [0.2, 0.25) is 0 Å². The van der Waals surface area contributed by atoms with E-state index in [9.17, 15) is 19.6 Å². The van der Waals surface area contributed by atoms with Crippen LogP contribution in [-0.4, -0.2) is 41.3 Å². The summed E-state index contributed by atoms with van der Waals surface area (Å²) in [5.74, 6) is -0.692. The molecular formula is C25H23ClN2O6S. The zero-order valence-corrected chi connectivity index (χ0v) is 21.2. The lowest BCUT2D eigenvalue weighted by Crippen LogP contribution is -2.37. The van der Waals surface area contributed by atoms with Gasteiger partial charge in [0.05, 0.1) is 28.7 Å². The average molecular weight is 515 g/mol. The Labute approximate surface area is 212 Å². The fourth-order valence-corrected chi connectivity index (χ4v) is 4.27. The van der Waals surface area contributed by atoms with Crippen molar-refractivity contribution >= 4 is 46.6 Å². The number of hydrogen-bond donors (Lipinski definition) is 0. The largest absolute Gasteiger partial charge is 0.493 e. The van der Waals surface area contributed by atoms with E-state index < -0.39 is 29.3 Å². The molecule has 8 nitrogen and oxygen atoms in total. The van der Waals surface area contributed by atoms with Gasteiger partial charge in [-0.05, 0) is 62.4 Å². The Balaban J connectivity index is 1.79. The van der Waals surface area contributed by atoms with E-state index in [1.807, 2.05) is 0 Å². The highest BCUT2D eigenvalue weighted by atomic mass is 35.5. The smallest absolute Gasteiger partial charge is 0.326 e.